The van der Waals surface area contributed by atoms with E-state index in [4.69, 9.17) is 28.0 Å². The molecular formula is C20H22Cl2N2O3S. The summed E-state index contributed by atoms with van der Waals surface area (Å²) in [5.41, 5.74) is 2.54. The van der Waals surface area contributed by atoms with Crippen LogP contribution in [-0.4, -0.2) is 47.9 Å². The Morgan fingerprint density at radius 1 is 1.39 bits per heavy atom. The van der Waals surface area contributed by atoms with Gasteiger partial charge in [0.1, 0.15) is 12.3 Å². The molecular weight excluding hydrogens is 419 g/mol. The largest absolute Gasteiger partial charge is 0.481 e. The monoisotopic (exact) mass is 440 g/mol. The van der Waals surface area contributed by atoms with Crippen LogP contribution in [0.15, 0.2) is 34.8 Å². The number of hydrogen-bond donors (Lipinski definition) is 1. The Morgan fingerprint density at radius 2 is 2.21 bits per heavy atom. The molecule has 1 saturated heterocycles. The smallest absolute Gasteiger partial charge is 0.307 e. The number of carbonyl (C=O) groups is 1. The summed E-state index contributed by atoms with van der Waals surface area (Å²) in [6.45, 7) is 4.48. The molecule has 0 radical (unpaired) electrons. The van der Waals surface area contributed by atoms with Gasteiger partial charge in [0.25, 0.3) is 0 Å². The molecule has 0 aliphatic carbocycles. The van der Waals surface area contributed by atoms with E-state index >= 15 is 0 Å². The lowest BCUT2D eigenvalue weighted by Crippen LogP contribution is -2.40. The van der Waals surface area contributed by atoms with Gasteiger partial charge in [-0.15, -0.1) is 11.3 Å². The second-order valence-electron chi connectivity index (χ2n) is 6.81. The molecule has 2 aromatic rings. The van der Waals surface area contributed by atoms with Crippen LogP contribution in [0.2, 0.25) is 10.0 Å². The van der Waals surface area contributed by atoms with Crippen LogP contribution in [0, 0.1) is 12.8 Å². The van der Waals surface area contributed by atoms with Crippen LogP contribution in [0.1, 0.15) is 28.8 Å². The highest BCUT2D eigenvalue weighted by Crippen LogP contribution is 2.27. The highest BCUT2D eigenvalue weighted by Gasteiger charge is 2.25. The second kappa shape index (κ2) is 9.74. The average Bonchev–Trinajstić information content (AvgIpc) is 3.08. The molecule has 0 amide bonds. The maximum atomic E-state index is 11.2. The van der Waals surface area contributed by atoms with E-state index in [2.05, 4.69) is 10.1 Å². The summed E-state index contributed by atoms with van der Waals surface area (Å²) in [7, 11) is 0. The van der Waals surface area contributed by atoms with Gasteiger partial charge in [-0.1, -0.05) is 28.4 Å². The average molecular weight is 441 g/mol. The number of aliphatic carboxylic acids is 1. The lowest BCUT2D eigenvalue weighted by molar-refractivity contribution is -0.143. The van der Waals surface area contributed by atoms with Gasteiger partial charge in [0, 0.05) is 23.7 Å². The quantitative estimate of drug-likeness (QED) is 0.376. The Labute approximate surface area is 178 Å². The van der Waals surface area contributed by atoms with Crippen LogP contribution >= 0.6 is 34.5 Å². The minimum Gasteiger partial charge on any atom is -0.481 e. The van der Waals surface area contributed by atoms with Gasteiger partial charge in [0.05, 0.1) is 15.8 Å². The zero-order valence-corrected chi connectivity index (χ0v) is 17.9. The molecule has 1 aromatic heterocycles. The van der Waals surface area contributed by atoms with E-state index in [1.54, 1.807) is 23.5 Å². The molecule has 0 saturated carbocycles. The maximum absolute atomic E-state index is 11.2. The van der Waals surface area contributed by atoms with Crippen molar-refractivity contribution in [2.75, 3.05) is 26.2 Å². The van der Waals surface area contributed by atoms with Crippen LogP contribution < -0.4 is 0 Å². The predicted octanol–water partition coefficient (Wildman–Crippen LogP) is 4.93. The number of carboxylic acids is 1. The molecule has 1 aliphatic heterocycles. The number of benzene rings is 1. The number of likely N-dealkylation sites (tertiary alicyclic amines) is 1. The SMILES string of the molecule is Cc1ccsc1C(=NOCCN1CCCC(C(=O)O)C1)c1ccc(Cl)cc1Cl. The number of aryl methyl sites for hydroxylation is 1. The van der Waals surface area contributed by atoms with Gasteiger partial charge in [-0.05, 0) is 61.5 Å². The van der Waals surface area contributed by atoms with E-state index in [-0.39, 0.29) is 5.92 Å². The van der Waals surface area contributed by atoms with Gasteiger partial charge >= 0.3 is 5.97 Å². The Bertz CT molecular complexity index is 869. The topological polar surface area (TPSA) is 62.1 Å². The van der Waals surface area contributed by atoms with Crippen LogP contribution in [0.4, 0.5) is 0 Å². The first-order chi connectivity index (χ1) is 13.5. The number of oxime groups is 1. The molecule has 0 spiro atoms. The lowest BCUT2D eigenvalue weighted by Gasteiger charge is -2.29. The first kappa shape index (κ1) is 21.1. The highest BCUT2D eigenvalue weighted by atomic mass is 35.5. The summed E-state index contributed by atoms with van der Waals surface area (Å²) >= 11 is 14.0. The summed E-state index contributed by atoms with van der Waals surface area (Å²) < 4.78 is 0. The van der Waals surface area contributed by atoms with Crippen molar-refractivity contribution in [1.29, 1.82) is 0 Å². The molecule has 150 valence electrons. The van der Waals surface area contributed by atoms with Crippen LogP contribution in [0.5, 0.6) is 0 Å². The minimum absolute atomic E-state index is 0.297. The summed E-state index contributed by atoms with van der Waals surface area (Å²) in [5.74, 6) is -1.02. The fourth-order valence-electron chi connectivity index (χ4n) is 3.25. The fraction of sp³-hybridized carbons (Fsp3) is 0.400. The standard InChI is InChI=1S/C20H22Cl2N2O3S/c1-13-6-10-28-19(13)18(16-5-4-15(21)11-17(16)22)23-27-9-8-24-7-2-3-14(12-24)20(25)26/h4-6,10-11,14H,2-3,7-9,12H2,1H3,(H,25,26). The normalized spacial score (nSPS) is 18.2. The number of piperidine rings is 1. The molecule has 3 rings (SSSR count). The lowest BCUT2D eigenvalue weighted by atomic mass is 9.98. The third-order valence-electron chi connectivity index (χ3n) is 4.77. The Kier molecular flexibility index (Phi) is 7.35. The summed E-state index contributed by atoms with van der Waals surface area (Å²) in [6, 6.07) is 7.34. The fourth-order valence-corrected chi connectivity index (χ4v) is 4.67. The maximum Gasteiger partial charge on any atom is 0.307 e. The molecule has 8 heteroatoms. The molecule has 1 N–H and O–H groups in total. The van der Waals surface area contributed by atoms with Crippen molar-refractivity contribution in [3.8, 4) is 0 Å². The Hall–Kier alpha value is -1.60. The van der Waals surface area contributed by atoms with Crippen molar-refractivity contribution >= 4 is 46.2 Å². The zero-order chi connectivity index (χ0) is 20.1. The first-order valence-electron chi connectivity index (χ1n) is 9.10. The molecule has 1 unspecified atom stereocenters. The van der Waals surface area contributed by atoms with E-state index in [9.17, 15) is 9.90 Å². The number of rotatable bonds is 7. The number of thiophene rings is 1. The van der Waals surface area contributed by atoms with Crippen molar-refractivity contribution in [2.24, 2.45) is 11.1 Å². The molecule has 1 atom stereocenters. The molecule has 1 aromatic carbocycles. The Morgan fingerprint density at radius 3 is 2.89 bits per heavy atom. The van der Waals surface area contributed by atoms with Gasteiger partial charge in [0.15, 0.2) is 0 Å². The van der Waals surface area contributed by atoms with Crippen molar-refractivity contribution in [3.05, 3.63) is 55.7 Å². The molecule has 2 heterocycles. The van der Waals surface area contributed by atoms with E-state index in [1.807, 2.05) is 24.4 Å². The molecule has 1 aliphatic rings. The summed E-state index contributed by atoms with van der Waals surface area (Å²) in [4.78, 5) is 19.9. The predicted molar refractivity (Wildman–Crippen MR) is 114 cm³/mol. The second-order valence-corrected chi connectivity index (χ2v) is 8.57. The molecule has 5 nitrogen and oxygen atoms in total. The zero-order valence-electron chi connectivity index (χ0n) is 15.5. The molecule has 0 bridgehead atoms. The van der Waals surface area contributed by atoms with E-state index < -0.39 is 5.97 Å². The van der Waals surface area contributed by atoms with Crippen LogP contribution in [0.3, 0.4) is 0 Å². The van der Waals surface area contributed by atoms with Gasteiger partial charge in [-0.25, -0.2) is 0 Å². The number of hydrogen-bond acceptors (Lipinski definition) is 5. The van der Waals surface area contributed by atoms with E-state index in [0.717, 1.165) is 35.4 Å². The number of halogens is 2. The summed E-state index contributed by atoms with van der Waals surface area (Å²) in [6.07, 6.45) is 1.63. The Balaban J connectivity index is 1.70. The van der Waals surface area contributed by atoms with Crippen LogP contribution in [-0.2, 0) is 9.63 Å². The van der Waals surface area contributed by atoms with E-state index in [1.165, 1.54) is 0 Å². The first-order valence-corrected chi connectivity index (χ1v) is 10.7. The van der Waals surface area contributed by atoms with Gasteiger partial charge in [-0.2, -0.15) is 0 Å². The number of carboxylic acid groups (broad SMARTS) is 1. The third kappa shape index (κ3) is 5.26. The van der Waals surface area contributed by atoms with E-state index in [0.29, 0.717) is 35.5 Å². The van der Waals surface area contributed by atoms with Gasteiger partial charge < -0.3 is 9.94 Å². The van der Waals surface area contributed by atoms with Gasteiger partial charge in [-0.3, -0.25) is 9.69 Å². The number of nitrogens with zero attached hydrogens (tertiary/aromatic N) is 2. The molecule has 28 heavy (non-hydrogen) atoms. The van der Waals surface area contributed by atoms with Crippen molar-refractivity contribution in [2.45, 2.75) is 19.8 Å². The summed E-state index contributed by atoms with van der Waals surface area (Å²) in [5, 5.41) is 16.7. The van der Waals surface area contributed by atoms with Crippen LogP contribution in [0.25, 0.3) is 0 Å². The minimum atomic E-state index is -0.725. The van der Waals surface area contributed by atoms with Crippen molar-refractivity contribution < 1.29 is 14.7 Å². The van der Waals surface area contributed by atoms with Gasteiger partial charge in [0.2, 0.25) is 0 Å². The molecule has 1 fully saturated rings. The highest BCUT2D eigenvalue weighted by molar-refractivity contribution is 7.12. The van der Waals surface area contributed by atoms with Crippen molar-refractivity contribution in [3.63, 3.8) is 0 Å². The third-order valence-corrected chi connectivity index (χ3v) is 6.34. The van der Waals surface area contributed by atoms with Crippen molar-refractivity contribution in [1.82, 2.24) is 4.90 Å².